The summed E-state index contributed by atoms with van der Waals surface area (Å²) in [6, 6.07) is 0.296. The molecule has 1 aromatic rings. The van der Waals surface area contributed by atoms with Crippen LogP contribution < -0.4 is 14.8 Å². The van der Waals surface area contributed by atoms with Gasteiger partial charge in [0.2, 0.25) is 17.7 Å². The fourth-order valence-corrected chi connectivity index (χ4v) is 2.97. The molecule has 6 heteroatoms. The van der Waals surface area contributed by atoms with E-state index in [1.54, 1.807) is 19.5 Å². The molecule has 2 aliphatic carbocycles. The Labute approximate surface area is 130 Å². The van der Waals surface area contributed by atoms with E-state index >= 15 is 0 Å². The summed E-state index contributed by atoms with van der Waals surface area (Å²) >= 11 is 0. The van der Waals surface area contributed by atoms with Crippen LogP contribution in [-0.2, 0) is 4.79 Å². The molecule has 120 valence electrons. The summed E-state index contributed by atoms with van der Waals surface area (Å²) in [6.07, 6.45) is 10.4. The molecule has 0 atom stereocenters. The zero-order valence-electron chi connectivity index (χ0n) is 13.0. The summed E-state index contributed by atoms with van der Waals surface area (Å²) in [7, 11) is 1.56. The summed E-state index contributed by atoms with van der Waals surface area (Å²) in [5, 5.41) is 3.18. The number of carbonyl (C=O) groups is 1. The molecule has 0 spiro atoms. The maximum atomic E-state index is 12.0. The average Bonchev–Trinajstić information content (AvgIpc) is 2.48. The first kappa shape index (κ1) is 15.1. The minimum atomic E-state index is 0.137. The van der Waals surface area contributed by atoms with Gasteiger partial charge in [0.15, 0.2) is 0 Å². The predicted octanol–water partition coefficient (Wildman–Crippen LogP) is 2.09. The van der Waals surface area contributed by atoms with Crippen molar-refractivity contribution in [3.05, 3.63) is 12.4 Å². The van der Waals surface area contributed by atoms with Crippen molar-refractivity contribution < 1.29 is 14.3 Å². The van der Waals surface area contributed by atoms with Crippen LogP contribution in [0.5, 0.6) is 11.8 Å². The zero-order chi connectivity index (χ0) is 15.4. The Balaban J connectivity index is 1.44. The van der Waals surface area contributed by atoms with Crippen molar-refractivity contribution in [3.8, 4) is 11.8 Å². The van der Waals surface area contributed by atoms with Gasteiger partial charge >= 0.3 is 0 Å². The predicted molar refractivity (Wildman–Crippen MR) is 80.7 cm³/mol. The maximum absolute atomic E-state index is 12.0. The largest absolute Gasteiger partial charge is 0.480 e. The molecule has 1 N–H and O–H groups in total. The number of amides is 1. The van der Waals surface area contributed by atoms with E-state index in [2.05, 4.69) is 15.3 Å². The molecule has 0 saturated heterocycles. The third-order valence-electron chi connectivity index (χ3n) is 4.58. The third kappa shape index (κ3) is 3.67. The number of carbonyl (C=O) groups excluding carboxylic acids is 1. The van der Waals surface area contributed by atoms with Crippen LogP contribution in [0.25, 0.3) is 0 Å². The second kappa shape index (κ2) is 6.94. The minimum absolute atomic E-state index is 0.137. The number of methoxy groups -OCH3 is 1. The van der Waals surface area contributed by atoms with Gasteiger partial charge in [0.25, 0.3) is 0 Å². The van der Waals surface area contributed by atoms with Gasteiger partial charge in [-0.1, -0.05) is 6.42 Å². The molecule has 1 heterocycles. The molecule has 3 rings (SSSR count). The first-order valence-electron chi connectivity index (χ1n) is 8.07. The van der Waals surface area contributed by atoms with E-state index in [9.17, 15) is 4.79 Å². The van der Waals surface area contributed by atoms with Gasteiger partial charge in [0, 0.05) is 12.0 Å². The van der Waals surface area contributed by atoms with Crippen molar-refractivity contribution in [1.82, 2.24) is 15.3 Å². The first-order chi connectivity index (χ1) is 10.7. The van der Waals surface area contributed by atoms with E-state index in [-0.39, 0.29) is 17.9 Å². The zero-order valence-corrected chi connectivity index (χ0v) is 13.0. The van der Waals surface area contributed by atoms with Crippen LogP contribution in [-0.4, -0.2) is 35.1 Å². The first-order valence-corrected chi connectivity index (χ1v) is 8.07. The lowest BCUT2D eigenvalue weighted by molar-refractivity contribution is -0.128. The fourth-order valence-electron chi connectivity index (χ4n) is 2.97. The highest BCUT2D eigenvalue weighted by Crippen LogP contribution is 2.28. The minimum Gasteiger partial charge on any atom is -0.480 e. The molecule has 22 heavy (non-hydrogen) atoms. The number of rotatable bonds is 5. The summed E-state index contributed by atoms with van der Waals surface area (Å²) in [6.45, 7) is 0. The van der Waals surface area contributed by atoms with Crippen molar-refractivity contribution in [1.29, 1.82) is 0 Å². The number of hydrogen-bond acceptors (Lipinski definition) is 5. The molecule has 1 amide bonds. The van der Waals surface area contributed by atoms with Gasteiger partial charge in [0.1, 0.15) is 6.10 Å². The topological polar surface area (TPSA) is 73.3 Å². The van der Waals surface area contributed by atoms with Crippen LogP contribution in [0.2, 0.25) is 0 Å². The quantitative estimate of drug-likeness (QED) is 0.901. The molecule has 0 bridgehead atoms. The third-order valence-corrected chi connectivity index (χ3v) is 4.58. The molecule has 2 fully saturated rings. The SMILES string of the molecule is COc1cncc(OC2CCC(NC(=O)C3CCC3)CC2)n1. The maximum Gasteiger partial charge on any atom is 0.235 e. The van der Waals surface area contributed by atoms with Gasteiger partial charge in [-0.3, -0.25) is 9.78 Å². The van der Waals surface area contributed by atoms with Crippen molar-refractivity contribution in [2.24, 2.45) is 5.92 Å². The Morgan fingerprint density at radius 3 is 2.50 bits per heavy atom. The molecular formula is C16H23N3O3. The molecule has 1 aromatic heterocycles. The van der Waals surface area contributed by atoms with Gasteiger partial charge in [-0.25, -0.2) is 0 Å². The van der Waals surface area contributed by atoms with E-state index in [1.165, 1.54) is 6.42 Å². The molecule has 0 unspecified atom stereocenters. The molecule has 2 saturated carbocycles. The van der Waals surface area contributed by atoms with Gasteiger partial charge in [0.05, 0.1) is 19.5 Å². The van der Waals surface area contributed by atoms with Gasteiger partial charge in [-0.15, -0.1) is 0 Å². The summed E-state index contributed by atoms with van der Waals surface area (Å²) in [5.41, 5.74) is 0. The van der Waals surface area contributed by atoms with E-state index in [4.69, 9.17) is 9.47 Å². The van der Waals surface area contributed by atoms with Crippen molar-refractivity contribution in [2.75, 3.05) is 7.11 Å². The van der Waals surface area contributed by atoms with Crippen LogP contribution >= 0.6 is 0 Å². The lowest BCUT2D eigenvalue weighted by Crippen LogP contribution is -2.43. The summed E-state index contributed by atoms with van der Waals surface area (Å²) < 4.78 is 10.9. The molecule has 0 radical (unpaired) electrons. The van der Waals surface area contributed by atoms with Crippen LogP contribution in [0.15, 0.2) is 12.4 Å². The molecular weight excluding hydrogens is 282 g/mol. The number of aromatic nitrogens is 2. The Kier molecular flexibility index (Phi) is 4.75. The Bertz CT molecular complexity index is 511. The van der Waals surface area contributed by atoms with E-state index < -0.39 is 0 Å². The Hall–Kier alpha value is -1.85. The Morgan fingerprint density at radius 2 is 1.86 bits per heavy atom. The normalized spacial score (nSPS) is 25.1. The second-order valence-electron chi connectivity index (χ2n) is 6.13. The van der Waals surface area contributed by atoms with E-state index in [0.717, 1.165) is 38.5 Å². The highest BCUT2D eigenvalue weighted by Gasteiger charge is 2.29. The van der Waals surface area contributed by atoms with Crippen molar-refractivity contribution >= 4 is 5.91 Å². The van der Waals surface area contributed by atoms with Crippen LogP contribution in [0, 0.1) is 5.92 Å². The molecule has 2 aliphatic rings. The van der Waals surface area contributed by atoms with Gasteiger partial charge < -0.3 is 14.8 Å². The van der Waals surface area contributed by atoms with Gasteiger partial charge in [-0.05, 0) is 38.5 Å². The highest BCUT2D eigenvalue weighted by atomic mass is 16.5. The lowest BCUT2D eigenvalue weighted by atomic mass is 9.84. The number of hydrogen-bond donors (Lipinski definition) is 1. The summed E-state index contributed by atoms with van der Waals surface area (Å²) in [5.74, 6) is 1.47. The molecule has 0 aliphatic heterocycles. The smallest absolute Gasteiger partial charge is 0.235 e. The van der Waals surface area contributed by atoms with Crippen LogP contribution in [0.4, 0.5) is 0 Å². The second-order valence-corrected chi connectivity index (χ2v) is 6.13. The number of nitrogens with zero attached hydrogens (tertiary/aromatic N) is 2. The summed E-state index contributed by atoms with van der Waals surface area (Å²) in [4.78, 5) is 20.2. The molecule has 0 aromatic carbocycles. The van der Waals surface area contributed by atoms with E-state index in [1.807, 2.05) is 0 Å². The fraction of sp³-hybridized carbons (Fsp3) is 0.688. The van der Waals surface area contributed by atoms with E-state index in [0.29, 0.717) is 17.8 Å². The standard InChI is InChI=1S/C16H23N3O3/c1-21-14-9-17-10-15(19-14)22-13-7-5-12(6-8-13)18-16(20)11-3-2-4-11/h9-13H,2-8H2,1H3,(H,18,20). The highest BCUT2D eigenvalue weighted by molar-refractivity contribution is 5.79. The Morgan fingerprint density at radius 1 is 1.14 bits per heavy atom. The van der Waals surface area contributed by atoms with Crippen molar-refractivity contribution in [2.45, 2.75) is 57.1 Å². The number of ether oxygens (including phenoxy) is 2. The lowest BCUT2D eigenvalue weighted by Gasteiger charge is -2.32. The average molecular weight is 305 g/mol. The monoisotopic (exact) mass is 305 g/mol. The molecule has 6 nitrogen and oxygen atoms in total. The van der Waals surface area contributed by atoms with Crippen molar-refractivity contribution in [3.63, 3.8) is 0 Å². The van der Waals surface area contributed by atoms with Gasteiger partial charge in [-0.2, -0.15) is 4.98 Å². The van der Waals surface area contributed by atoms with Crippen LogP contribution in [0.1, 0.15) is 44.9 Å². The van der Waals surface area contributed by atoms with Crippen LogP contribution in [0.3, 0.4) is 0 Å². The number of nitrogens with one attached hydrogen (secondary N) is 1.